The predicted molar refractivity (Wildman–Crippen MR) is 66.7 cm³/mol. The van der Waals surface area contributed by atoms with E-state index in [2.05, 4.69) is 4.90 Å². The maximum atomic E-state index is 11.8. The lowest BCUT2D eigenvalue weighted by molar-refractivity contribution is -0.0580. The van der Waals surface area contributed by atoms with E-state index in [0.29, 0.717) is 18.9 Å². The van der Waals surface area contributed by atoms with Crippen LogP contribution in [-0.4, -0.2) is 62.7 Å². The number of hydrogen-bond acceptors (Lipinski definition) is 5. The van der Waals surface area contributed by atoms with Crippen molar-refractivity contribution in [2.45, 2.75) is 31.4 Å². The molecule has 0 aromatic carbocycles. The van der Waals surface area contributed by atoms with Gasteiger partial charge in [-0.2, -0.15) is 0 Å². The lowest BCUT2D eigenvalue weighted by Crippen LogP contribution is -2.63. The maximum absolute atomic E-state index is 11.8. The first-order chi connectivity index (χ1) is 7.97. The third-order valence-electron chi connectivity index (χ3n) is 3.88. The standard InChI is InChI=1S/C11H22N2O3S/c1-10-7-13(4-5-16-10)11(8-12)3-2-6-17(14,15)9-11/h10H,2-9,12H2,1H3. The molecule has 2 aliphatic heterocycles. The van der Waals surface area contributed by atoms with Gasteiger partial charge in [0, 0.05) is 25.2 Å². The normalized spacial score (nSPS) is 39.1. The Morgan fingerprint density at radius 2 is 2.29 bits per heavy atom. The fourth-order valence-electron chi connectivity index (χ4n) is 2.96. The fraction of sp³-hybridized carbons (Fsp3) is 1.00. The fourth-order valence-corrected chi connectivity index (χ4v) is 4.96. The van der Waals surface area contributed by atoms with Crippen LogP contribution < -0.4 is 5.73 Å². The molecule has 17 heavy (non-hydrogen) atoms. The molecule has 100 valence electrons. The number of sulfone groups is 1. The molecule has 2 aliphatic rings. The molecule has 2 heterocycles. The Labute approximate surface area is 103 Å². The van der Waals surface area contributed by atoms with Gasteiger partial charge in [0.15, 0.2) is 9.84 Å². The molecule has 2 atom stereocenters. The van der Waals surface area contributed by atoms with Crippen LogP contribution in [0.1, 0.15) is 19.8 Å². The van der Waals surface area contributed by atoms with Crippen molar-refractivity contribution in [1.82, 2.24) is 4.90 Å². The van der Waals surface area contributed by atoms with E-state index in [9.17, 15) is 8.42 Å². The van der Waals surface area contributed by atoms with Crippen molar-refractivity contribution >= 4 is 9.84 Å². The van der Waals surface area contributed by atoms with Crippen molar-refractivity contribution in [3.05, 3.63) is 0 Å². The first kappa shape index (κ1) is 13.3. The molecule has 2 unspecified atom stereocenters. The van der Waals surface area contributed by atoms with Gasteiger partial charge in [-0.15, -0.1) is 0 Å². The van der Waals surface area contributed by atoms with Crippen molar-refractivity contribution in [3.63, 3.8) is 0 Å². The smallest absolute Gasteiger partial charge is 0.152 e. The van der Waals surface area contributed by atoms with Gasteiger partial charge in [0.05, 0.1) is 24.2 Å². The van der Waals surface area contributed by atoms with Gasteiger partial charge in [-0.3, -0.25) is 4.90 Å². The SMILES string of the molecule is CC1CN(C2(CN)CCCS(=O)(=O)C2)CCO1. The number of nitrogens with zero attached hydrogens (tertiary/aromatic N) is 1. The van der Waals surface area contributed by atoms with Crippen LogP contribution in [0, 0.1) is 0 Å². The van der Waals surface area contributed by atoms with E-state index in [4.69, 9.17) is 10.5 Å². The Morgan fingerprint density at radius 3 is 2.88 bits per heavy atom. The zero-order valence-corrected chi connectivity index (χ0v) is 11.2. The molecule has 2 fully saturated rings. The molecule has 2 N–H and O–H groups in total. The first-order valence-electron chi connectivity index (χ1n) is 6.25. The van der Waals surface area contributed by atoms with Gasteiger partial charge in [0.1, 0.15) is 0 Å². The van der Waals surface area contributed by atoms with Gasteiger partial charge in [0.25, 0.3) is 0 Å². The van der Waals surface area contributed by atoms with Crippen LogP contribution in [0.15, 0.2) is 0 Å². The summed E-state index contributed by atoms with van der Waals surface area (Å²) in [5.41, 5.74) is 5.54. The minimum absolute atomic E-state index is 0.164. The zero-order chi connectivity index (χ0) is 12.5. The van der Waals surface area contributed by atoms with Gasteiger partial charge in [-0.1, -0.05) is 0 Å². The van der Waals surface area contributed by atoms with Gasteiger partial charge in [0.2, 0.25) is 0 Å². The van der Waals surface area contributed by atoms with Gasteiger partial charge in [-0.25, -0.2) is 8.42 Å². The molecule has 0 spiro atoms. The largest absolute Gasteiger partial charge is 0.376 e. The van der Waals surface area contributed by atoms with Crippen molar-refractivity contribution in [2.24, 2.45) is 5.73 Å². The van der Waals surface area contributed by atoms with E-state index in [1.165, 1.54) is 0 Å². The molecule has 0 aromatic heterocycles. The van der Waals surface area contributed by atoms with Crippen LogP contribution in [0.5, 0.6) is 0 Å². The molecule has 2 rings (SSSR count). The molecule has 0 bridgehead atoms. The highest BCUT2D eigenvalue weighted by molar-refractivity contribution is 7.91. The van der Waals surface area contributed by atoms with Gasteiger partial charge in [-0.05, 0) is 19.8 Å². The van der Waals surface area contributed by atoms with E-state index in [0.717, 1.165) is 25.9 Å². The lowest BCUT2D eigenvalue weighted by Gasteiger charge is -2.48. The highest BCUT2D eigenvalue weighted by atomic mass is 32.2. The van der Waals surface area contributed by atoms with E-state index in [1.54, 1.807) is 0 Å². The minimum Gasteiger partial charge on any atom is -0.376 e. The number of rotatable bonds is 2. The molecule has 0 aliphatic carbocycles. The Morgan fingerprint density at radius 1 is 1.53 bits per heavy atom. The second-order valence-corrected chi connectivity index (χ2v) is 7.44. The Kier molecular flexibility index (Phi) is 3.77. The van der Waals surface area contributed by atoms with E-state index in [-0.39, 0.29) is 17.4 Å². The van der Waals surface area contributed by atoms with Gasteiger partial charge < -0.3 is 10.5 Å². The molecule has 5 nitrogen and oxygen atoms in total. The third kappa shape index (κ3) is 2.81. The highest BCUT2D eigenvalue weighted by Crippen LogP contribution is 2.29. The van der Waals surface area contributed by atoms with E-state index in [1.807, 2.05) is 6.92 Å². The molecule has 6 heteroatoms. The van der Waals surface area contributed by atoms with Crippen LogP contribution in [0.2, 0.25) is 0 Å². The number of hydrogen-bond donors (Lipinski definition) is 1. The van der Waals surface area contributed by atoms with Gasteiger partial charge >= 0.3 is 0 Å². The molecule has 2 saturated heterocycles. The lowest BCUT2D eigenvalue weighted by atomic mass is 9.92. The summed E-state index contributed by atoms with van der Waals surface area (Å²) in [5, 5.41) is 0. The van der Waals surface area contributed by atoms with Crippen LogP contribution >= 0.6 is 0 Å². The summed E-state index contributed by atoms with van der Waals surface area (Å²) in [6.45, 7) is 4.68. The maximum Gasteiger partial charge on any atom is 0.152 e. The summed E-state index contributed by atoms with van der Waals surface area (Å²) >= 11 is 0. The van der Waals surface area contributed by atoms with Crippen molar-refractivity contribution in [1.29, 1.82) is 0 Å². The van der Waals surface area contributed by atoms with Crippen molar-refractivity contribution in [3.8, 4) is 0 Å². The average Bonchev–Trinajstić information content (AvgIpc) is 2.27. The first-order valence-corrected chi connectivity index (χ1v) is 8.07. The van der Waals surface area contributed by atoms with Crippen molar-refractivity contribution < 1.29 is 13.2 Å². The molecule has 0 amide bonds. The summed E-state index contributed by atoms with van der Waals surface area (Å²) in [6.07, 6.45) is 1.78. The van der Waals surface area contributed by atoms with Crippen LogP contribution in [0.3, 0.4) is 0 Å². The molecular formula is C11H22N2O3S. The van der Waals surface area contributed by atoms with Crippen LogP contribution in [0.25, 0.3) is 0 Å². The summed E-state index contributed by atoms with van der Waals surface area (Å²) in [5.74, 6) is 0.526. The molecule has 0 saturated carbocycles. The molecular weight excluding hydrogens is 240 g/mol. The van der Waals surface area contributed by atoms with Crippen LogP contribution in [-0.2, 0) is 14.6 Å². The highest BCUT2D eigenvalue weighted by Gasteiger charge is 2.43. The topological polar surface area (TPSA) is 72.6 Å². The summed E-state index contributed by atoms with van der Waals surface area (Å²) in [6, 6.07) is 0. The second-order valence-electron chi connectivity index (χ2n) is 5.25. The third-order valence-corrected chi connectivity index (χ3v) is 5.77. The quantitative estimate of drug-likeness (QED) is 0.734. The monoisotopic (exact) mass is 262 g/mol. The van der Waals surface area contributed by atoms with E-state index >= 15 is 0 Å². The summed E-state index contributed by atoms with van der Waals surface area (Å²) in [4.78, 5) is 2.23. The van der Waals surface area contributed by atoms with Crippen molar-refractivity contribution in [2.75, 3.05) is 37.7 Å². The summed E-state index contributed by atoms with van der Waals surface area (Å²) < 4.78 is 29.2. The van der Waals surface area contributed by atoms with E-state index < -0.39 is 9.84 Å². The number of morpholine rings is 1. The minimum atomic E-state index is -2.93. The Balaban J connectivity index is 2.18. The summed E-state index contributed by atoms with van der Waals surface area (Å²) in [7, 11) is -2.93. The van der Waals surface area contributed by atoms with Crippen LogP contribution in [0.4, 0.5) is 0 Å². The number of ether oxygens (including phenoxy) is 1. The Bertz CT molecular complexity index is 371. The molecule has 0 aromatic rings. The average molecular weight is 262 g/mol. The predicted octanol–water partition coefficient (Wildman–Crippen LogP) is -0.387. The number of nitrogens with two attached hydrogens (primary N) is 1. The Hall–Kier alpha value is -0.170. The zero-order valence-electron chi connectivity index (χ0n) is 10.4. The second kappa shape index (κ2) is 4.84. The molecule has 0 radical (unpaired) electrons.